The van der Waals surface area contributed by atoms with E-state index in [4.69, 9.17) is 10.00 Å². The van der Waals surface area contributed by atoms with Crippen molar-refractivity contribution in [2.24, 2.45) is 0 Å². The molecular weight excluding hydrogens is 318 g/mol. The predicted molar refractivity (Wildman–Crippen MR) is 94.0 cm³/mol. The monoisotopic (exact) mass is 337 g/mol. The highest BCUT2D eigenvalue weighted by atomic mass is 16.5. The molecule has 0 saturated carbocycles. The van der Waals surface area contributed by atoms with Gasteiger partial charge in [-0.1, -0.05) is 12.1 Å². The Kier molecular flexibility index (Phi) is 6.13. The van der Waals surface area contributed by atoms with E-state index in [1.807, 2.05) is 18.2 Å². The molecular formula is C19H19N3O3. The average Bonchev–Trinajstić information content (AvgIpc) is 2.61. The molecule has 1 atom stereocenters. The number of hydrogen-bond acceptors (Lipinski definition) is 4. The molecule has 1 unspecified atom stereocenters. The van der Waals surface area contributed by atoms with Crippen molar-refractivity contribution in [1.82, 2.24) is 5.32 Å². The van der Waals surface area contributed by atoms with Gasteiger partial charge in [0.05, 0.1) is 31.2 Å². The first-order valence-electron chi connectivity index (χ1n) is 7.73. The van der Waals surface area contributed by atoms with E-state index in [1.165, 1.54) is 6.92 Å². The minimum Gasteiger partial charge on any atom is -0.497 e. The maximum atomic E-state index is 12.3. The van der Waals surface area contributed by atoms with Gasteiger partial charge in [0.25, 0.3) is 0 Å². The number of nitrogens with one attached hydrogen (secondary N) is 2. The fourth-order valence-electron chi connectivity index (χ4n) is 2.36. The van der Waals surface area contributed by atoms with E-state index in [0.717, 1.165) is 5.56 Å². The Hall–Kier alpha value is -3.33. The first-order chi connectivity index (χ1) is 12.0. The van der Waals surface area contributed by atoms with Crippen LogP contribution in [-0.4, -0.2) is 18.9 Å². The SMILES string of the molecule is COc1ccc(C(CC(=O)Nc2ccc(C#N)cc2)NC(C)=O)cc1. The molecule has 2 rings (SSSR count). The lowest BCUT2D eigenvalue weighted by atomic mass is 10.0. The summed E-state index contributed by atoms with van der Waals surface area (Å²) in [5, 5.41) is 14.3. The molecule has 2 aromatic rings. The summed E-state index contributed by atoms with van der Waals surface area (Å²) in [4.78, 5) is 23.8. The minimum atomic E-state index is -0.443. The van der Waals surface area contributed by atoms with Crippen LogP contribution in [0.4, 0.5) is 5.69 Å². The number of hydrogen-bond donors (Lipinski definition) is 2. The lowest BCUT2D eigenvalue weighted by molar-refractivity contribution is -0.120. The van der Waals surface area contributed by atoms with Gasteiger partial charge in [0.15, 0.2) is 0 Å². The van der Waals surface area contributed by atoms with E-state index >= 15 is 0 Å². The molecule has 25 heavy (non-hydrogen) atoms. The van der Waals surface area contributed by atoms with Crippen LogP contribution >= 0.6 is 0 Å². The number of rotatable bonds is 6. The van der Waals surface area contributed by atoms with Crippen LogP contribution in [0.15, 0.2) is 48.5 Å². The zero-order valence-electron chi connectivity index (χ0n) is 14.1. The van der Waals surface area contributed by atoms with E-state index in [0.29, 0.717) is 17.0 Å². The number of nitriles is 1. The Morgan fingerprint density at radius 1 is 1.12 bits per heavy atom. The molecule has 0 bridgehead atoms. The number of anilines is 1. The molecule has 2 amide bonds. The summed E-state index contributed by atoms with van der Waals surface area (Å²) in [6.45, 7) is 1.41. The standard InChI is InChI=1S/C19H19N3O3/c1-13(23)21-18(15-5-9-17(25-2)10-6-15)11-19(24)22-16-7-3-14(12-20)4-8-16/h3-10,18H,11H2,1-2H3,(H,21,23)(H,22,24). The van der Waals surface area contributed by atoms with Gasteiger partial charge in [-0.15, -0.1) is 0 Å². The van der Waals surface area contributed by atoms with Gasteiger partial charge in [0, 0.05) is 12.6 Å². The van der Waals surface area contributed by atoms with Gasteiger partial charge < -0.3 is 15.4 Å². The minimum absolute atomic E-state index is 0.0892. The van der Waals surface area contributed by atoms with E-state index in [-0.39, 0.29) is 18.2 Å². The number of benzene rings is 2. The fourth-order valence-corrected chi connectivity index (χ4v) is 2.36. The first-order valence-corrected chi connectivity index (χ1v) is 7.73. The Morgan fingerprint density at radius 3 is 2.28 bits per heavy atom. The number of methoxy groups -OCH3 is 1. The average molecular weight is 337 g/mol. The van der Waals surface area contributed by atoms with Gasteiger partial charge >= 0.3 is 0 Å². The van der Waals surface area contributed by atoms with Crippen LogP contribution < -0.4 is 15.4 Å². The quantitative estimate of drug-likeness (QED) is 0.848. The molecule has 0 fully saturated rings. The van der Waals surface area contributed by atoms with Crippen molar-refractivity contribution in [2.45, 2.75) is 19.4 Å². The fraction of sp³-hybridized carbons (Fsp3) is 0.211. The topological polar surface area (TPSA) is 91.2 Å². The highest BCUT2D eigenvalue weighted by molar-refractivity contribution is 5.91. The van der Waals surface area contributed by atoms with Crippen LogP contribution in [0.1, 0.15) is 30.5 Å². The molecule has 0 saturated heterocycles. The van der Waals surface area contributed by atoms with Gasteiger partial charge in [0.2, 0.25) is 11.8 Å². The molecule has 0 radical (unpaired) electrons. The van der Waals surface area contributed by atoms with Crippen molar-refractivity contribution in [1.29, 1.82) is 5.26 Å². The molecule has 0 aliphatic rings. The van der Waals surface area contributed by atoms with E-state index in [1.54, 1.807) is 43.5 Å². The predicted octanol–water partition coefficient (Wildman–Crippen LogP) is 2.77. The molecule has 128 valence electrons. The molecule has 2 aromatic carbocycles. The number of carbonyl (C=O) groups excluding carboxylic acids is 2. The number of carbonyl (C=O) groups is 2. The number of ether oxygens (including phenoxy) is 1. The molecule has 6 heteroatoms. The molecule has 0 heterocycles. The summed E-state index contributed by atoms with van der Waals surface area (Å²) < 4.78 is 5.12. The molecule has 0 aliphatic heterocycles. The lowest BCUT2D eigenvalue weighted by Gasteiger charge is -2.18. The van der Waals surface area contributed by atoms with Gasteiger partial charge in [-0.3, -0.25) is 9.59 Å². The third-order valence-corrected chi connectivity index (χ3v) is 3.58. The number of nitrogens with zero attached hydrogens (tertiary/aromatic N) is 1. The van der Waals surface area contributed by atoms with Crippen LogP contribution in [0.5, 0.6) is 5.75 Å². The third kappa shape index (κ3) is 5.36. The van der Waals surface area contributed by atoms with Crippen molar-refractivity contribution in [3.8, 4) is 11.8 Å². The maximum absolute atomic E-state index is 12.3. The third-order valence-electron chi connectivity index (χ3n) is 3.58. The van der Waals surface area contributed by atoms with Crippen molar-refractivity contribution >= 4 is 17.5 Å². The second-order valence-corrected chi connectivity index (χ2v) is 5.47. The second kappa shape index (κ2) is 8.50. The highest BCUT2D eigenvalue weighted by Gasteiger charge is 2.17. The van der Waals surface area contributed by atoms with E-state index in [2.05, 4.69) is 10.6 Å². The van der Waals surface area contributed by atoms with Crippen molar-refractivity contribution in [2.75, 3.05) is 12.4 Å². The van der Waals surface area contributed by atoms with Crippen molar-refractivity contribution in [3.05, 3.63) is 59.7 Å². The van der Waals surface area contributed by atoms with E-state index < -0.39 is 6.04 Å². The second-order valence-electron chi connectivity index (χ2n) is 5.47. The van der Waals surface area contributed by atoms with Crippen LogP contribution in [0.2, 0.25) is 0 Å². The van der Waals surface area contributed by atoms with Gasteiger partial charge in [-0.25, -0.2) is 0 Å². The van der Waals surface area contributed by atoms with Crippen LogP contribution in [0.3, 0.4) is 0 Å². The summed E-state index contributed by atoms with van der Waals surface area (Å²) in [5.74, 6) is 0.249. The van der Waals surface area contributed by atoms with Crippen LogP contribution in [0.25, 0.3) is 0 Å². The van der Waals surface area contributed by atoms with E-state index in [9.17, 15) is 9.59 Å². The molecule has 2 N–H and O–H groups in total. The smallest absolute Gasteiger partial charge is 0.226 e. The Morgan fingerprint density at radius 2 is 1.76 bits per heavy atom. The summed E-state index contributed by atoms with van der Waals surface area (Å²) >= 11 is 0. The van der Waals surface area contributed by atoms with Gasteiger partial charge in [-0.2, -0.15) is 5.26 Å². The van der Waals surface area contributed by atoms with Crippen molar-refractivity contribution < 1.29 is 14.3 Å². The molecule has 0 spiro atoms. The Bertz CT molecular complexity index is 777. The summed E-state index contributed by atoms with van der Waals surface area (Å²) in [6, 6.07) is 15.4. The maximum Gasteiger partial charge on any atom is 0.226 e. The molecule has 6 nitrogen and oxygen atoms in total. The largest absolute Gasteiger partial charge is 0.497 e. The normalized spacial score (nSPS) is 11.1. The van der Waals surface area contributed by atoms with Gasteiger partial charge in [-0.05, 0) is 42.0 Å². The first kappa shape index (κ1) is 18.0. The highest BCUT2D eigenvalue weighted by Crippen LogP contribution is 2.21. The van der Waals surface area contributed by atoms with Crippen LogP contribution in [0, 0.1) is 11.3 Å². The van der Waals surface area contributed by atoms with Crippen molar-refractivity contribution in [3.63, 3.8) is 0 Å². The molecule has 0 aliphatic carbocycles. The summed E-state index contributed by atoms with van der Waals surface area (Å²) in [6.07, 6.45) is 0.0892. The molecule has 0 aromatic heterocycles. The van der Waals surface area contributed by atoms with Crippen LogP contribution in [-0.2, 0) is 9.59 Å². The summed E-state index contributed by atoms with van der Waals surface area (Å²) in [7, 11) is 1.57. The zero-order valence-corrected chi connectivity index (χ0v) is 14.1. The zero-order chi connectivity index (χ0) is 18.2. The lowest BCUT2D eigenvalue weighted by Crippen LogP contribution is -2.29. The number of amides is 2. The Balaban J connectivity index is 2.08. The van der Waals surface area contributed by atoms with Gasteiger partial charge in [0.1, 0.15) is 5.75 Å². The summed E-state index contributed by atoms with van der Waals surface area (Å²) in [5.41, 5.74) is 1.93. The Labute approximate surface area is 146 Å².